The molecule has 1 saturated heterocycles. The lowest BCUT2D eigenvalue weighted by molar-refractivity contribution is 0.0919. The van der Waals surface area contributed by atoms with Crippen LogP contribution in [0, 0.1) is 12.8 Å². The van der Waals surface area contributed by atoms with E-state index in [2.05, 4.69) is 26.3 Å². The van der Waals surface area contributed by atoms with Gasteiger partial charge in [-0.2, -0.15) is 0 Å². The van der Waals surface area contributed by atoms with Crippen molar-refractivity contribution in [3.63, 3.8) is 0 Å². The summed E-state index contributed by atoms with van der Waals surface area (Å²) in [5.74, 6) is 0.230. The van der Waals surface area contributed by atoms with E-state index in [-0.39, 0.29) is 17.6 Å². The van der Waals surface area contributed by atoms with E-state index >= 15 is 0 Å². The number of aryl methyl sites for hydroxylation is 1. The number of carbonyl (C=O) groups is 1. The van der Waals surface area contributed by atoms with E-state index in [4.69, 9.17) is 11.6 Å². The molecule has 0 radical (unpaired) electrons. The number of anilines is 1. The van der Waals surface area contributed by atoms with Gasteiger partial charge in [0, 0.05) is 31.9 Å². The number of nitrogens with zero attached hydrogens (tertiary/aromatic N) is 5. The molecule has 1 saturated carbocycles. The molecule has 0 atom stereocenters. The van der Waals surface area contributed by atoms with Crippen LogP contribution >= 0.6 is 11.6 Å². The summed E-state index contributed by atoms with van der Waals surface area (Å²) in [5.41, 5.74) is 4.86. The first-order valence-corrected chi connectivity index (χ1v) is 14.2. The first kappa shape index (κ1) is 25.6. The highest BCUT2D eigenvalue weighted by Crippen LogP contribution is 2.28. The maximum Gasteiger partial charge on any atom is 0.333 e. The van der Waals surface area contributed by atoms with Gasteiger partial charge in [-0.05, 0) is 75.6 Å². The Balaban J connectivity index is 1.19. The number of aromatic nitrogens is 4. The highest BCUT2D eigenvalue weighted by Gasteiger charge is 2.26. The minimum atomic E-state index is -0.130. The molecule has 2 aliphatic rings. The number of rotatable bonds is 6. The monoisotopic (exact) mass is 544 g/mol. The molecule has 1 amide bonds. The van der Waals surface area contributed by atoms with Gasteiger partial charge in [-0.3, -0.25) is 23.9 Å². The molecule has 2 fully saturated rings. The number of carbonyl (C=O) groups excluding carboxylic acids is 1. The van der Waals surface area contributed by atoms with E-state index in [1.807, 2.05) is 42.0 Å². The van der Waals surface area contributed by atoms with Crippen LogP contribution in [-0.4, -0.2) is 44.1 Å². The van der Waals surface area contributed by atoms with Gasteiger partial charge in [-0.15, -0.1) is 0 Å². The summed E-state index contributed by atoms with van der Waals surface area (Å²) in [6.45, 7) is 4.53. The third kappa shape index (κ3) is 5.17. The van der Waals surface area contributed by atoms with Gasteiger partial charge in [-0.1, -0.05) is 23.7 Å². The van der Waals surface area contributed by atoms with Crippen LogP contribution in [0.25, 0.3) is 16.7 Å². The summed E-state index contributed by atoms with van der Waals surface area (Å²) in [7, 11) is 0. The van der Waals surface area contributed by atoms with Crippen molar-refractivity contribution in [1.82, 2.24) is 24.4 Å². The first-order valence-electron chi connectivity index (χ1n) is 13.8. The Bertz CT molecular complexity index is 1560. The van der Waals surface area contributed by atoms with Crippen molar-refractivity contribution in [2.45, 2.75) is 58.0 Å². The number of pyridine rings is 2. The number of imidazole rings is 1. The van der Waals surface area contributed by atoms with Gasteiger partial charge in [0.25, 0.3) is 5.91 Å². The Hall–Kier alpha value is -3.65. The van der Waals surface area contributed by atoms with E-state index in [1.165, 1.54) is 12.8 Å². The van der Waals surface area contributed by atoms with Crippen LogP contribution < -0.4 is 15.9 Å². The Labute approximate surface area is 232 Å². The number of halogens is 1. The van der Waals surface area contributed by atoms with E-state index < -0.39 is 0 Å². The highest BCUT2D eigenvalue weighted by molar-refractivity contribution is 6.30. The minimum Gasteiger partial charge on any atom is -0.370 e. The molecule has 4 aromatic rings. The minimum absolute atomic E-state index is 0.0315. The molecular formula is C30H33ClN6O2. The Morgan fingerprint density at radius 3 is 2.49 bits per heavy atom. The fourth-order valence-electron chi connectivity index (χ4n) is 6.07. The van der Waals surface area contributed by atoms with E-state index in [1.54, 1.807) is 23.0 Å². The van der Waals surface area contributed by atoms with Gasteiger partial charge in [0.15, 0.2) is 0 Å². The zero-order valence-corrected chi connectivity index (χ0v) is 22.9. The lowest BCUT2D eigenvalue weighted by Gasteiger charge is -2.29. The Kier molecular flexibility index (Phi) is 7.12. The number of amides is 1. The number of hydrogen-bond acceptors (Lipinski definition) is 5. The molecular weight excluding hydrogens is 512 g/mol. The Morgan fingerprint density at radius 1 is 1.00 bits per heavy atom. The molecule has 39 heavy (non-hydrogen) atoms. The quantitative estimate of drug-likeness (QED) is 0.363. The maximum atomic E-state index is 13.8. The van der Waals surface area contributed by atoms with Crippen LogP contribution in [0.15, 0.2) is 59.8 Å². The third-order valence-electron chi connectivity index (χ3n) is 8.20. The standard InChI is InChI=1S/C30H33ClN6O2/c1-20-26(14-22(31)16-33-20)29(38)34-23-10-8-21(9-11-23)19-36-27-6-2-3-7-28(27)37(30(36)39)25-15-24(17-32-18-25)35-12-4-5-13-35/h2-3,6-7,14-18,21,23H,4-5,8-13,19H2,1H3,(H,34,38). The van der Waals surface area contributed by atoms with Crippen molar-refractivity contribution in [3.8, 4) is 5.69 Å². The molecule has 0 bridgehead atoms. The number of benzene rings is 1. The normalized spacial score (nSPS) is 19.5. The maximum absolute atomic E-state index is 13.8. The summed E-state index contributed by atoms with van der Waals surface area (Å²) >= 11 is 6.05. The van der Waals surface area contributed by atoms with Crippen LogP contribution in [0.1, 0.15) is 54.6 Å². The predicted molar refractivity (Wildman–Crippen MR) is 154 cm³/mol. The van der Waals surface area contributed by atoms with Gasteiger partial charge in [0.1, 0.15) is 0 Å². The number of para-hydroxylation sites is 2. The fourth-order valence-corrected chi connectivity index (χ4v) is 6.23. The van der Waals surface area contributed by atoms with Crippen molar-refractivity contribution in [2.24, 2.45) is 5.92 Å². The second-order valence-electron chi connectivity index (χ2n) is 10.8. The summed E-state index contributed by atoms with van der Waals surface area (Å²) in [4.78, 5) is 37.7. The van der Waals surface area contributed by atoms with Gasteiger partial charge in [0.2, 0.25) is 0 Å². The zero-order chi connectivity index (χ0) is 26.9. The van der Waals surface area contributed by atoms with Crippen LogP contribution in [0.5, 0.6) is 0 Å². The first-order chi connectivity index (χ1) is 19.0. The topological polar surface area (TPSA) is 85.0 Å². The van der Waals surface area contributed by atoms with Gasteiger partial charge in [0.05, 0.1) is 51.1 Å². The average molecular weight is 545 g/mol. The molecule has 9 heteroatoms. The van der Waals surface area contributed by atoms with Crippen molar-refractivity contribution in [1.29, 1.82) is 0 Å². The van der Waals surface area contributed by atoms with Crippen molar-refractivity contribution in [3.05, 3.63) is 81.8 Å². The summed E-state index contributed by atoms with van der Waals surface area (Å²) < 4.78 is 3.72. The van der Waals surface area contributed by atoms with Crippen molar-refractivity contribution >= 4 is 34.2 Å². The molecule has 1 aromatic carbocycles. The van der Waals surface area contributed by atoms with Crippen molar-refractivity contribution in [2.75, 3.05) is 18.0 Å². The largest absolute Gasteiger partial charge is 0.370 e. The average Bonchev–Trinajstić information content (AvgIpc) is 3.58. The van der Waals surface area contributed by atoms with Crippen LogP contribution in [-0.2, 0) is 6.54 Å². The van der Waals surface area contributed by atoms with Crippen LogP contribution in [0.4, 0.5) is 5.69 Å². The molecule has 6 rings (SSSR count). The van der Waals surface area contributed by atoms with E-state index in [0.29, 0.717) is 28.7 Å². The highest BCUT2D eigenvalue weighted by atomic mass is 35.5. The summed E-state index contributed by atoms with van der Waals surface area (Å²) in [5, 5.41) is 3.62. The third-order valence-corrected chi connectivity index (χ3v) is 8.40. The SMILES string of the molecule is Cc1ncc(Cl)cc1C(=O)NC1CCC(Cn2c(=O)n(-c3cncc(N4CCCC4)c3)c3ccccc32)CC1. The molecule has 8 nitrogen and oxygen atoms in total. The summed E-state index contributed by atoms with van der Waals surface area (Å²) in [6.07, 6.45) is 11.2. The second kappa shape index (κ2) is 10.8. The van der Waals surface area contributed by atoms with Gasteiger partial charge < -0.3 is 10.2 Å². The van der Waals surface area contributed by atoms with Gasteiger partial charge >= 0.3 is 5.69 Å². The smallest absolute Gasteiger partial charge is 0.333 e. The predicted octanol–water partition coefficient (Wildman–Crippen LogP) is 5.13. The fraction of sp³-hybridized carbons (Fsp3) is 0.400. The number of nitrogens with one attached hydrogen (secondary N) is 1. The molecule has 0 spiro atoms. The van der Waals surface area contributed by atoms with Gasteiger partial charge in [-0.25, -0.2) is 4.79 Å². The summed E-state index contributed by atoms with van der Waals surface area (Å²) in [6, 6.07) is 11.9. The lowest BCUT2D eigenvalue weighted by atomic mass is 9.85. The van der Waals surface area contributed by atoms with E-state index in [9.17, 15) is 9.59 Å². The molecule has 4 heterocycles. The molecule has 3 aromatic heterocycles. The molecule has 1 N–H and O–H groups in total. The molecule has 1 aliphatic carbocycles. The molecule has 202 valence electrons. The van der Waals surface area contributed by atoms with Crippen LogP contribution in [0.3, 0.4) is 0 Å². The van der Waals surface area contributed by atoms with E-state index in [0.717, 1.165) is 61.2 Å². The van der Waals surface area contributed by atoms with Crippen LogP contribution in [0.2, 0.25) is 5.02 Å². The number of fused-ring (bicyclic) bond motifs is 1. The zero-order valence-electron chi connectivity index (χ0n) is 22.1. The number of hydrogen-bond donors (Lipinski definition) is 1. The molecule has 0 unspecified atom stereocenters. The molecule has 1 aliphatic heterocycles. The Morgan fingerprint density at radius 2 is 1.72 bits per heavy atom. The lowest BCUT2D eigenvalue weighted by Crippen LogP contribution is -2.39. The second-order valence-corrected chi connectivity index (χ2v) is 11.2. The van der Waals surface area contributed by atoms with Crippen molar-refractivity contribution < 1.29 is 4.79 Å².